The van der Waals surface area contributed by atoms with Gasteiger partial charge in [0.05, 0.1) is 6.04 Å². The van der Waals surface area contributed by atoms with Gasteiger partial charge < -0.3 is 15.2 Å². The van der Waals surface area contributed by atoms with Crippen LogP contribution in [0.3, 0.4) is 0 Å². The molecule has 0 radical (unpaired) electrons. The van der Waals surface area contributed by atoms with Gasteiger partial charge in [-0.15, -0.1) is 10.2 Å². The van der Waals surface area contributed by atoms with Crippen molar-refractivity contribution in [3.8, 4) is 0 Å². The van der Waals surface area contributed by atoms with Gasteiger partial charge in [0.15, 0.2) is 11.8 Å². The second-order valence-electron chi connectivity index (χ2n) is 7.88. The van der Waals surface area contributed by atoms with Gasteiger partial charge in [-0.1, -0.05) is 56.0 Å². The molecule has 3 rings (SSSR count). The molecule has 1 aromatic heterocycles. The summed E-state index contributed by atoms with van der Waals surface area (Å²) in [4.78, 5) is 4.77. The molecule has 2 aromatic rings. The summed E-state index contributed by atoms with van der Waals surface area (Å²) in [6.45, 7) is 5.58. The highest BCUT2D eigenvalue weighted by Gasteiger charge is 2.14. The molecule has 6 nitrogen and oxygen atoms in total. The lowest BCUT2D eigenvalue weighted by Gasteiger charge is -2.19. The highest BCUT2D eigenvalue weighted by Crippen LogP contribution is 2.28. The Morgan fingerprint density at radius 1 is 1.21 bits per heavy atom. The number of nitrogens with one attached hydrogen (secondary N) is 2. The molecule has 0 saturated heterocycles. The molecule has 0 aliphatic heterocycles. The molecule has 152 valence electrons. The minimum Gasteiger partial charge on any atom is -0.356 e. The summed E-state index contributed by atoms with van der Waals surface area (Å²) in [6.07, 6.45) is 8.16. The smallest absolute Gasteiger partial charge is 0.192 e. The highest BCUT2D eigenvalue weighted by atomic mass is 15.3. The van der Waals surface area contributed by atoms with Gasteiger partial charge in [-0.2, -0.15) is 0 Å². The first-order valence-corrected chi connectivity index (χ1v) is 10.6. The zero-order valence-electron chi connectivity index (χ0n) is 17.5. The fourth-order valence-electron chi connectivity index (χ4n) is 3.82. The fraction of sp³-hybridized carbons (Fsp3) is 0.591. The van der Waals surface area contributed by atoms with Gasteiger partial charge in [0.1, 0.15) is 12.4 Å². The summed E-state index contributed by atoms with van der Waals surface area (Å²) < 4.78 is 1.99. The Bertz CT molecular complexity index is 746. The van der Waals surface area contributed by atoms with Gasteiger partial charge >= 0.3 is 0 Å². The third-order valence-corrected chi connectivity index (χ3v) is 5.77. The predicted molar refractivity (Wildman–Crippen MR) is 114 cm³/mol. The van der Waals surface area contributed by atoms with Crippen LogP contribution in [-0.4, -0.2) is 27.3 Å². The van der Waals surface area contributed by atoms with Crippen LogP contribution in [0.25, 0.3) is 0 Å². The van der Waals surface area contributed by atoms with Crippen LogP contribution in [0.15, 0.2) is 35.3 Å². The monoisotopic (exact) mass is 382 g/mol. The molecule has 1 aromatic carbocycles. The predicted octanol–water partition coefficient (Wildman–Crippen LogP) is 3.89. The molecule has 1 unspecified atom stereocenters. The van der Waals surface area contributed by atoms with Gasteiger partial charge in [-0.25, -0.2) is 4.99 Å². The molecule has 2 N–H and O–H groups in total. The van der Waals surface area contributed by atoms with Crippen LogP contribution < -0.4 is 10.6 Å². The van der Waals surface area contributed by atoms with Crippen molar-refractivity contribution in [3.05, 3.63) is 47.5 Å². The quantitative estimate of drug-likeness (QED) is 0.413. The molecule has 1 aliphatic rings. The van der Waals surface area contributed by atoms with E-state index in [0.717, 1.165) is 30.1 Å². The molecule has 0 bridgehead atoms. The van der Waals surface area contributed by atoms with E-state index in [1.807, 2.05) is 24.6 Å². The standard InChI is InChI=1S/C22H34N6/c1-17(20-13-5-4-6-14-20)25-22(23-15-9-12-19-10-7-8-11-19)24-16-21-27-26-18(2)28(21)3/h4-6,13-14,17,19H,7-12,15-16H2,1-3H3,(H2,23,24,25). The van der Waals surface area contributed by atoms with Gasteiger partial charge in [-0.3, -0.25) is 0 Å². The zero-order chi connectivity index (χ0) is 19.8. The number of aryl methyl sites for hydroxylation is 1. The number of benzene rings is 1. The van der Waals surface area contributed by atoms with E-state index in [0.29, 0.717) is 6.54 Å². The van der Waals surface area contributed by atoms with Gasteiger partial charge in [0.25, 0.3) is 0 Å². The van der Waals surface area contributed by atoms with E-state index in [4.69, 9.17) is 4.99 Å². The Labute approximate surface area is 168 Å². The second-order valence-corrected chi connectivity index (χ2v) is 7.88. The topological polar surface area (TPSA) is 67.1 Å². The molecule has 6 heteroatoms. The van der Waals surface area contributed by atoms with Crippen LogP contribution in [0.1, 0.15) is 68.7 Å². The minimum atomic E-state index is 0.184. The van der Waals surface area contributed by atoms with Crippen molar-refractivity contribution >= 4 is 5.96 Å². The second kappa shape index (κ2) is 10.2. The Balaban J connectivity index is 1.58. The summed E-state index contributed by atoms with van der Waals surface area (Å²) in [5, 5.41) is 15.4. The number of aromatic nitrogens is 3. The van der Waals surface area contributed by atoms with E-state index in [-0.39, 0.29) is 6.04 Å². The van der Waals surface area contributed by atoms with Gasteiger partial charge in [0.2, 0.25) is 0 Å². The van der Waals surface area contributed by atoms with E-state index in [9.17, 15) is 0 Å². The lowest BCUT2D eigenvalue weighted by Crippen LogP contribution is -2.39. The molecular weight excluding hydrogens is 348 g/mol. The average molecular weight is 383 g/mol. The molecular formula is C22H34N6. The van der Waals surface area contributed by atoms with Crippen LogP contribution in [0.5, 0.6) is 0 Å². The summed E-state index contributed by atoms with van der Waals surface area (Å²) in [5.41, 5.74) is 1.25. The van der Waals surface area contributed by atoms with Crippen LogP contribution in [0.2, 0.25) is 0 Å². The minimum absolute atomic E-state index is 0.184. The Morgan fingerprint density at radius 3 is 2.64 bits per heavy atom. The molecule has 1 saturated carbocycles. The number of aliphatic imine (C=N–C) groups is 1. The van der Waals surface area contributed by atoms with Gasteiger partial charge in [-0.05, 0) is 38.2 Å². The summed E-state index contributed by atoms with van der Waals surface area (Å²) in [7, 11) is 1.98. The van der Waals surface area contributed by atoms with Crippen molar-refractivity contribution in [3.63, 3.8) is 0 Å². The van der Waals surface area contributed by atoms with Crippen molar-refractivity contribution in [2.75, 3.05) is 6.54 Å². The lowest BCUT2D eigenvalue weighted by molar-refractivity contribution is 0.480. The van der Waals surface area contributed by atoms with Crippen LogP contribution in [-0.2, 0) is 13.6 Å². The Morgan fingerprint density at radius 2 is 1.96 bits per heavy atom. The first-order chi connectivity index (χ1) is 13.6. The van der Waals surface area contributed by atoms with Crippen LogP contribution >= 0.6 is 0 Å². The maximum atomic E-state index is 4.77. The van der Waals surface area contributed by atoms with Gasteiger partial charge in [0, 0.05) is 13.6 Å². The molecule has 1 aliphatic carbocycles. The maximum Gasteiger partial charge on any atom is 0.192 e. The van der Waals surface area contributed by atoms with E-state index in [2.05, 4.69) is 52.0 Å². The van der Waals surface area contributed by atoms with Crippen LogP contribution in [0.4, 0.5) is 0 Å². The van der Waals surface area contributed by atoms with E-state index >= 15 is 0 Å². The summed E-state index contributed by atoms with van der Waals surface area (Å²) in [6, 6.07) is 10.7. The SMILES string of the molecule is Cc1nnc(CN=C(NCCCC2CCCC2)NC(C)c2ccccc2)n1C. The molecule has 1 fully saturated rings. The number of guanidine groups is 1. The van der Waals surface area contributed by atoms with Crippen molar-refractivity contribution in [2.45, 2.75) is 65.0 Å². The fourth-order valence-corrected chi connectivity index (χ4v) is 3.82. The molecule has 0 amide bonds. The largest absolute Gasteiger partial charge is 0.356 e. The highest BCUT2D eigenvalue weighted by molar-refractivity contribution is 5.80. The Kier molecular flexibility index (Phi) is 7.46. The normalized spacial score (nSPS) is 16.3. The van der Waals surface area contributed by atoms with E-state index in [1.165, 1.54) is 44.1 Å². The summed E-state index contributed by atoms with van der Waals surface area (Å²) >= 11 is 0. The number of rotatable bonds is 8. The van der Waals surface area contributed by atoms with Crippen molar-refractivity contribution in [1.29, 1.82) is 0 Å². The average Bonchev–Trinajstić information content (AvgIpc) is 3.34. The number of hydrogen-bond donors (Lipinski definition) is 2. The van der Waals surface area contributed by atoms with E-state index in [1.54, 1.807) is 0 Å². The van der Waals surface area contributed by atoms with Crippen molar-refractivity contribution in [1.82, 2.24) is 25.4 Å². The molecule has 1 heterocycles. The third kappa shape index (κ3) is 5.81. The first-order valence-electron chi connectivity index (χ1n) is 10.6. The first kappa shape index (κ1) is 20.4. The number of hydrogen-bond acceptors (Lipinski definition) is 3. The van der Waals surface area contributed by atoms with Crippen molar-refractivity contribution in [2.24, 2.45) is 18.0 Å². The Hall–Kier alpha value is -2.37. The van der Waals surface area contributed by atoms with Crippen LogP contribution in [0, 0.1) is 12.8 Å². The maximum absolute atomic E-state index is 4.77. The third-order valence-electron chi connectivity index (χ3n) is 5.77. The molecule has 28 heavy (non-hydrogen) atoms. The molecule has 0 spiro atoms. The van der Waals surface area contributed by atoms with Crippen molar-refractivity contribution < 1.29 is 0 Å². The lowest BCUT2D eigenvalue weighted by atomic mass is 10.0. The van der Waals surface area contributed by atoms with E-state index < -0.39 is 0 Å². The molecule has 1 atom stereocenters. The number of nitrogens with zero attached hydrogens (tertiary/aromatic N) is 4. The zero-order valence-corrected chi connectivity index (χ0v) is 17.5. The summed E-state index contributed by atoms with van der Waals surface area (Å²) in [5.74, 6) is 3.54.